The molecule has 1 aromatic rings. The molecule has 0 radical (unpaired) electrons. The number of carbonyl (C=O) groups excluding carboxylic acids is 1. The Labute approximate surface area is 127 Å². The summed E-state index contributed by atoms with van der Waals surface area (Å²) < 4.78 is 5.64. The summed E-state index contributed by atoms with van der Waals surface area (Å²) >= 11 is 0. The summed E-state index contributed by atoms with van der Waals surface area (Å²) in [5, 5.41) is 0. The van der Waals surface area contributed by atoms with E-state index in [0.29, 0.717) is 12.6 Å². The molecule has 1 aliphatic rings. The van der Waals surface area contributed by atoms with Gasteiger partial charge in [0.15, 0.2) is 0 Å². The molecule has 4 nitrogen and oxygen atoms in total. The smallest absolute Gasteiger partial charge is 0.225 e. The van der Waals surface area contributed by atoms with Crippen molar-refractivity contribution in [1.29, 1.82) is 0 Å². The molecule has 1 saturated carbocycles. The van der Waals surface area contributed by atoms with Crippen molar-refractivity contribution in [1.82, 2.24) is 4.90 Å². The van der Waals surface area contributed by atoms with Crippen molar-refractivity contribution < 1.29 is 9.53 Å². The lowest BCUT2D eigenvalue weighted by molar-refractivity contribution is -0.135. The predicted molar refractivity (Wildman–Crippen MR) is 84.1 cm³/mol. The molecule has 0 atom stereocenters. The molecule has 0 heterocycles. The summed E-state index contributed by atoms with van der Waals surface area (Å²) in [6.07, 6.45) is 4.67. The average molecular weight is 290 g/mol. The average Bonchev–Trinajstić information content (AvgIpc) is 2.52. The zero-order valence-corrected chi connectivity index (χ0v) is 12.8. The van der Waals surface area contributed by atoms with Crippen LogP contribution in [0.25, 0.3) is 0 Å². The fourth-order valence-electron chi connectivity index (χ4n) is 2.80. The largest absolute Gasteiger partial charge is 0.494 e. The van der Waals surface area contributed by atoms with Gasteiger partial charge in [-0.1, -0.05) is 18.2 Å². The third-order valence-corrected chi connectivity index (χ3v) is 4.15. The highest BCUT2D eigenvalue weighted by Gasteiger charge is 2.26. The third kappa shape index (κ3) is 5.05. The van der Waals surface area contributed by atoms with Gasteiger partial charge in [-0.05, 0) is 44.2 Å². The monoisotopic (exact) mass is 290 g/mol. The molecule has 0 unspecified atom stereocenters. The molecule has 2 rings (SSSR count). The molecule has 21 heavy (non-hydrogen) atoms. The molecule has 1 fully saturated rings. The van der Waals surface area contributed by atoms with Crippen LogP contribution in [0.5, 0.6) is 5.75 Å². The quantitative estimate of drug-likeness (QED) is 0.819. The second-order valence-electron chi connectivity index (χ2n) is 5.89. The summed E-state index contributed by atoms with van der Waals surface area (Å²) in [6.45, 7) is 1.38. The minimum Gasteiger partial charge on any atom is -0.494 e. The minimum absolute atomic E-state index is 0.171. The van der Waals surface area contributed by atoms with Crippen LogP contribution in [0.3, 0.4) is 0 Å². The van der Waals surface area contributed by atoms with Gasteiger partial charge in [-0.2, -0.15) is 0 Å². The van der Waals surface area contributed by atoms with Crippen LogP contribution in [-0.2, 0) is 4.79 Å². The molecular formula is C17H26N2O2. The van der Waals surface area contributed by atoms with E-state index in [1.165, 1.54) is 0 Å². The predicted octanol–water partition coefficient (Wildman–Crippen LogP) is 2.43. The van der Waals surface area contributed by atoms with Gasteiger partial charge in [0.1, 0.15) is 5.75 Å². The van der Waals surface area contributed by atoms with Gasteiger partial charge in [-0.3, -0.25) is 4.79 Å². The molecule has 0 bridgehead atoms. The van der Waals surface area contributed by atoms with Crippen LogP contribution in [0, 0.1) is 5.92 Å². The number of carbonyl (C=O) groups is 1. The summed E-state index contributed by atoms with van der Waals surface area (Å²) in [7, 11) is 1.89. The summed E-state index contributed by atoms with van der Waals surface area (Å²) in [4.78, 5) is 14.2. The topological polar surface area (TPSA) is 55.6 Å². The van der Waals surface area contributed by atoms with E-state index >= 15 is 0 Å². The van der Waals surface area contributed by atoms with E-state index in [0.717, 1.165) is 44.4 Å². The minimum atomic E-state index is 0.171. The van der Waals surface area contributed by atoms with E-state index in [9.17, 15) is 4.79 Å². The first kappa shape index (κ1) is 15.8. The fourth-order valence-corrected chi connectivity index (χ4v) is 2.80. The lowest BCUT2D eigenvalue weighted by Gasteiger charge is -2.29. The Morgan fingerprint density at radius 3 is 2.57 bits per heavy atom. The molecule has 0 saturated heterocycles. The molecule has 0 aromatic heterocycles. The highest BCUT2D eigenvalue weighted by atomic mass is 16.5. The number of ether oxygens (including phenoxy) is 1. The first-order valence-corrected chi connectivity index (χ1v) is 7.85. The highest BCUT2D eigenvalue weighted by Crippen LogP contribution is 2.24. The van der Waals surface area contributed by atoms with Crippen LogP contribution in [0.4, 0.5) is 0 Å². The van der Waals surface area contributed by atoms with Gasteiger partial charge < -0.3 is 15.4 Å². The van der Waals surface area contributed by atoms with E-state index in [1.54, 1.807) is 0 Å². The Hall–Kier alpha value is -1.55. The maximum absolute atomic E-state index is 12.3. The lowest BCUT2D eigenvalue weighted by Crippen LogP contribution is -2.38. The molecule has 2 N–H and O–H groups in total. The van der Waals surface area contributed by atoms with Crippen LogP contribution in [-0.4, -0.2) is 37.0 Å². The van der Waals surface area contributed by atoms with Crippen LogP contribution in [0.1, 0.15) is 32.1 Å². The number of nitrogens with zero attached hydrogens (tertiary/aromatic N) is 1. The van der Waals surface area contributed by atoms with Gasteiger partial charge >= 0.3 is 0 Å². The van der Waals surface area contributed by atoms with E-state index < -0.39 is 0 Å². The molecule has 1 aliphatic carbocycles. The zero-order valence-electron chi connectivity index (χ0n) is 12.8. The van der Waals surface area contributed by atoms with Crippen LogP contribution in [0.15, 0.2) is 30.3 Å². The second-order valence-corrected chi connectivity index (χ2v) is 5.89. The van der Waals surface area contributed by atoms with Gasteiger partial charge in [-0.25, -0.2) is 0 Å². The van der Waals surface area contributed by atoms with Gasteiger partial charge in [0.25, 0.3) is 0 Å². The van der Waals surface area contributed by atoms with E-state index in [2.05, 4.69) is 0 Å². The SMILES string of the molecule is CN(CCCOc1ccccc1)C(=O)C1CCC(N)CC1. The van der Waals surface area contributed by atoms with E-state index in [1.807, 2.05) is 42.3 Å². The Morgan fingerprint density at radius 2 is 1.90 bits per heavy atom. The molecule has 1 aromatic carbocycles. The standard InChI is InChI=1S/C17H26N2O2/c1-19(17(20)14-8-10-15(18)11-9-14)12-5-13-21-16-6-3-2-4-7-16/h2-4,6-7,14-15H,5,8-13,18H2,1H3. The maximum atomic E-state index is 12.3. The first-order valence-electron chi connectivity index (χ1n) is 7.85. The van der Waals surface area contributed by atoms with E-state index in [-0.39, 0.29) is 11.8 Å². The Bertz CT molecular complexity index is 428. The van der Waals surface area contributed by atoms with Crippen molar-refractivity contribution in [3.63, 3.8) is 0 Å². The van der Waals surface area contributed by atoms with Crippen molar-refractivity contribution in [3.8, 4) is 5.75 Å². The number of para-hydroxylation sites is 1. The maximum Gasteiger partial charge on any atom is 0.225 e. The second kappa shape index (κ2) is 8.03. The van der Waals surface area contributed by atoms with Crippen molar-refractivity contribution in [2.75, 3.05) is 20.2 Å². The van der Waals surface area contributed by atoms with Gasteiger partial charge in [0.05, 0.1) is 6.61 Å². The summed E-state index contributed by atoms with van der Waals surface area (Å²) in [5.41, 5.74) is 5.89. The number of amides is 1. The van der Waals surface area contributed by atoms with Crippen molar-refractivity contribution in [3.05, 3.63) is 30.3 Å². The van der Waals surface area contributed by atoms with Gasteiger partial charge in [-0.15, -0.1) is 0 Å². The Kier molecular flexibility index (Phi) is 6.05. The third-order valence-electron chi connectivity index (χ3n) is 4.15. The summed E-state index contributed by atoms with van der Waals surface area (Å²) in [5.74, 6) is 1.32. The van der Waals surface area contributed by atoms with Gasteiger partial charge in [0.2, 0.25) is 5.91 Å². The summed E-state index contributed by atoms with van der Waals surface area (Å²) in [6, 6.07) is 10.1. The van der Waals surface area contributed by atoms with Crippen molar-refractivity contribution in [2.45, 2.75) is 38.1 Å². The Balaban J connectivity index is 1.64. The number of hydrogen-bond acceptors (Lipinski definition) is 3. The molecule has 116 valence electrons. The molecule has 0 aliphatic heterocycles. The molecule has 1 amide bonds. The number of nitrogens with two attached hydrogens (primary N) is 1. The number of rotatable bonds is 6. The zero-order chi connectivity index (χ0) is 15.1. The van der Waals surface area contributed by atoms with Crippen LogP contribution < -0.4 is 10.5 Å². The number of hydrogen-bond donors (Lipinski definition) is 1. The van der Waals surface area contributed by atoms with Crippen molar-refractivity contribution in [2.24, 2.45) is 11.7 Å². The van der Waals surface area contributed by atoms with Gasteiger partial charge in [0, 0.05) is 25.6 Å². The fraction of sp³-hybridized carbons (Fsp3) is 0.588. The van der Waals surface area contributed by atoms with Crippen molar-refractivity contribution >= 4 is 5.91 Å². The normalized spacial score (nSPS) is 21.8. The lowest BCUT2D eigenvalue weighted by atomic mass is 9.85. The number of benzene rings is 1. The molecular weight excluding hydrogens is 264 g/mol. The van der Waals surface area contributed by atoms with Crippen LogP contribution in [0.2, 0.25) is 0 Å². The van der Waals surface area contributed by atoms with E-state index in [4.69, 9.17) is 10.5 Å². The molecule has 4 heteroatoms. The Morgan fingerprint density at radius 1 is 1.24 bits per heavy atom. The van der Waals surface area contributed by atoms with Crippen LogP contribution >= 0.6 is 0 Å². The highest BCUT2D eigenvalue weighted by molar-refractivity contribution is 5.78. The first-order chi connectivity index (χ1) is 10.2. The molecule has 0 spiro atoms.